The largest absolute Gasteiger partial charge is 0.459 e. The van der Waals surface area contributed by atoms with E-state index in [-0.39, 0.29) is 18.6 Å². The first-order chi connectivity index (χ1) is 9.13. The number of furan rings is 1. The summed E-state index contributed by atoms with van der Waals surface area (Å²) in [6.07, 6.45) is 0.855. The highest BCUT2D eigenvalue weighted by Crippen LogP contribution is 2.26. The van der Waals surface area contributed by atoms with E-state index in [1.54, 1.807) is 11.9 Å². The van der Waals surface area contributed by atoms with Gasteiger partial charge in [0.2, 0.25) is 5.91 Å². The number of hydrogen-bond acceptors (Lipinski definition) is 3. The Morgan fingerprint density at radius 1 is 1.42 bits per heavy atom. The van der Waals surface area contributed by atoms with Gasteiger partial charge in [0, 0.05) is 25.5 Å². The molecule has 0 aliphatic heterocycles. The maximum atomic E-state index is 11.9. The van der Waals surface area contributed by atoms with E-state index < -0.39 is 0 Å². The fourth-order valence-corrected chi connectivity index (χ4v) is 2.02. The second-order valence-corrected chi connectivity index (χ2v) is 4.69. The SMILES string of the molecule is CC(c1cc2ccccc2o1)N(C)C(=O)CCCO. The third-order valence-corrected chi connectivity index (χ3v) is 3.38. The van der Waals surface area contributed by atoms with Crippen LogP contribution in [-0.4, -0.2) is 29.6 Å². The molecule has 0 saturated heterocycles. The van der Waals surface area contributed by atoms with Gasteiger partial charge in [-0.15, -0.1) is 0 Å². The molecule has 1 atom stereocenters. The molecule has 2 aromatic rings. The van der Waals surface area contributed by atoms with Crippen LogP contribution in [-0.2, 0) is 4.79 Å². The summed E-state index contributed by atoms with van der Waals surface area (Å²) in [5.41, 5.74) is 0.834. The molecular formula is C15H19NO3. The van der Waals surface area contributed by atoms with E-state index in [1.165, 1.54) is 0 Å². The Morgan fingerprint density at radius 3 is 2.84 bits per heavy atom. The van der Waals surface area contributed by atoms with Gasteiger partial charge in [0.25, 0.3) is 0 Å². The smallest absolute Gasteiger partial charge is 0.223 e. The summed E-state index contributed by atoms with van der Waals surface area (Å²) < 4.78 is 5.76. The molecule has 2 rings (SSSR count). The molecular weight excluding hydrogens is 242 g/mol. The molecule has 4 heteroatoms. The number of fused-ring (bicyclic) bond motifs is 1. The molecule has 1 N–H and O–H groups in total. The number of amides is 1. The molecule has 0 fully saturated rings. The Hall–Kier alpha value is -1.81. The van der Waals surface area contributed by atoms with Gasteiger partial charge in [-0.05, 0) is 25.5 Å². The van der Waals surface area contributed by atoms with E-state index in [4.69, 9.17) is 9.52 Å². The number of rotatable bonds is 5. The first-order valence-electron chi connectivity index (χ1n) is 6.48. The minimum Gasteiger partial charge on any atom is -0.459 e. The minimum absolute atomic E-state index is 0.0157. The van der Waals surface area contributed by atoms with E-state index in [2.05, 4.69) is 0 Å². The van der Waals surface area contributed by atoms with Crippen LogP contribution in [0.15, 0.2) is 34.7 Å². The first-order valence-corrected chi connectivity index (χ1v) is 6.48. The monoisotopic (exact) mass is 261 g/mol. The predicted molar refractivity (Wildman–Crippen MR) is 73.7 cm³/mol. The summed E-state index contributed by atoms with van der Waals surface area (Å²) in [4.78, 5) is 13.6. The highest BCUT2D eigenvalue weighted by molar-refractivity contribution is 5.79. The van der Waals surface area contributed by atoms with Gasteiger partial charge >= 0.3 is 0 Å². The summed E-state index contributed by atoms with van der Waals surface area (Å²) in [7, 11) is 1.76. The van der Waals surface area contributed by atoms with Gasteiger partial charge in [0.15, 0.2) is 0 Å². The van der Waals surface area contributed by atoms with Crippen molar-refractivity contribution >= 4 is 16.9 Å². The van der Waals surface area contributed by atoms with Crippen molar-refractivity contribution in [2.75, 3.05) is 13.7 Å². The number of para-hydroxylation sites is 1. The van der Waals surface area contributed by atoms with Crippen LogP contribution >= 0.6 is 0 Å². The summed E-state index contributed by atoms with van der Waals surface area (Å²) in [6.45, 7) is 1.98. The third kappa shape index (κ3) is 2.96. The zero-order valence-electron chi connectivity index (χ0n) is 11.3. The van der Waals surface area contributed by atoms with Crippen molar-refractivity contribution in [1.29, 1.82) is 0 Å². The van der Waals surface area contributed by atoms with E-state index in [0.717, 1.165) is 16.7 Å². The molecule has 0 aliphatic rings. The Bertz CT molecular complexity index is 528. The van der Waals surface area contributed by atoms with Crippen LogP contribution in [0, 0.1) is 0 Å². The lowest BCUT2D eigenvalue weighted by Gasteiger charge is -2.23. The Labute approximate surface area is 112 Å². The van der Waals surface area contributed by atoms with Gasteiger partial charge in [-0.2, -0.15) is 0 Å². The second-order valence-electron chi connectivity index (χ2n) is 4.69. The van der Waals surface area contributed by atoms with E-state index in [9.17, 15) is 4.79 Å². The molecule has 0 spiro atoms. The highest BCUT2D eigenvalue weighted by Gasteiger charge is 2.20. The van der Waals surface area contributed by atoms with Crippen molar-refractivity contribution in [1.82, 2.24) is 4.90 Å². The van der Waals surface area contributed by atoms with Crippen molar-refractivity contribution < 1.29 is 14.3 Å². The van der Waals surface area contributed by atoms with E-state index in [1.807, 2.05) is 37.3 Å². The quantitative estimate of drug-likeness (QED) is 0.900. The first kappa shape index (κ1) is 13.6. The summed E-state index contributed by atoms with van der Waals surface area (Å²) in [5.74, 6) is 0.794. The van der Waals surface area contributed by atoms with Crippen molar-refractivity contribution in [3.05, 3.63) is 36.1 Å². The van der Waals surface area contributed by atoms with Gasteiger partial charge in [-0.1, -0.05) is 18.2 Å². The topological polar surface area (TPSA) is 53.7 Å². The molecule has 1 heterocycles. The normalized spacial score (nSPS) is 12.6. The number of aliphatic hydroxyl groups excluding tert-OH is 1. The molecule has 19 heavy (non-hydrogen) atoms. The summed E-state index contributed by atoms with van der Waals surface area (Å²) in [5, 5.41) is 9.80. The van der Waals surface area contributed by atoms with Crippen LogP contribution in [0.3, 0.4) is 0 Å². The van der Waals surface area contributed by atoms with Gasteiger partial charge in [-0.3, -0.25) is 4.79 Å². The second kappa shape index (κ2) is 5.89. The zero-order valence-corrected chi connectivity index (χ0v) is 11.3. The third-order valence-electron chi connectivity index (χ3n) is 3.38. The van der Waals surface area contributed by atoms with Crippen molar-refractivity contribution in [3.8, 4) is 0 Å². The van der Waals surface area contributed by atoms with E-state index in [0.29, 0.717) is 12.8 Å². The molecule has 1 amide bonds. The number of aliphatic hydroxyl groups is 1. The Balaban J connectivity index is 2.14. The van der Waals surface area contributed by atoms with Crippen LogP contribution in [0.4, 0.5) is 0 Å². The van der Waals surface area contributed by atoms with Crippen molar-refractivity contribution in [3.63, 3.8) is 0 Å². The van der Waals surface area contributed by atoms with Gasteiger partial charge in [-0.25, -0.2) is 0 Å². The van der Waals surface area contributed by atoms with Crippen LogP contribution in [0.5, 0.6) is 0 Å². The lowest BCUT2D eigenvalue weighted by molar-refractivity contribution is -0.132. The fraction of sp³-hybridized carbons (Fsp3) is 0.400. The van der Waals surface area contributed by atoms with Gasteiger partial charge < -0.3 is 14.4 Å². The molecule has 1 unspecified atom stereocenters. The molecule has 0 aliphatic carbocycles. The van der Waals surface area contributed by atoms with Crippen molar-refractivity contribution in [2.24, 2.45) is 0 Å². The average Bonchev–Trinajstić information content (AvgIpc) is 2.86. The minimum atomic E-state index is -0.112. The van der Waals surface area contributed by atoms with E-state index >= 15 is 0 Å². The standard InChI is InChI=1S/C15H19NO3/c1-11(16(2)15(18)8-5-9-17)14-10-12-6-3-4-7-13(12)19-14/h3-4,6-7,10-11,17H,5,8-9H2,1-2H3. The molecule has 0 radical (unpaired) electrons. The molecule has 4 nitrogen and oxygen atoms in total. The maximum Gasteiger partial charge on any atom is 0.223 e. The average molecular weight is 261 g/mol. The molecule has 0 saturated carbocycles. The predicted octanol–water partition coefficient (Wildman–Crippen LogP) is 2.72. The Kier molecular flexibility index (Phi) is 4.22. The molecule has 1 aromatic heterocycles. The molecule has 102 valence electrons. The number of nitrogens with zero attached hydrogens (tertiary/aromatic N) is 1. The van der Waals surface area contributed by atoms with Gasteiger partial charge in [0.1, 0.15) is 11.3 Å². The lowest BCUT2D eigenvalue weighted by Crippen LogP contribution is -2.29. The lowest BCUT2D eigenvalue weighted by atomic mass is 10.2. The number of carbonyl (C=O) groups is 1. The fourth-order valence-electron chi connectivity index (χ4n) is 2.02. The van der Waals surface area contributed by atoms with Crippen LogP contribution < -0.4 is 0 Å². The summed E-state index contributed by atoms with van der Waals surface area (Å²) in [6, 6.07) is 9.65. The van der Waals surface area contributed by atoms with Gasteiger partial charge in [0.05, 0.1) is 6.04 Å². The molecule has 1 aromatic carbocycles. The maximum absolute atomic E-state index is 11.9. The zero-order chi connectivity index (χ0) is 13.8. The summed E-state index contributed by atoms with van der Waals surface area (Å²) >= 11 is 0. The number of carbonyl (C=O) groups excluding carboxylic acids is 1. The molecule has 0 bridgehead atoms. The van der Waals surface area contributed by atoms with Crippen molar-refractivity contribution in [2.45, 2.75) is 25.8 Å². The van der Waals surface area contributed by atoms with Crippen LogP contribution in [0.1, 0.15) is 31.6 Å². The van der Waals surface area contributed by atoms with Crippen LogP contribution in [0.2, 0.25) is 0 Å². The number of hydrogen-bond donors (Lipinski definition) is 1. The number of benzene rings is 1. The highest BCUT2D eigenvalue weighted by atomic mass is 16.3. The Morgan fingerprint density at radius 2 is 2.16 bits per heavy atom. The van der Waals surface area contributed by atoms with Crippen LogP contribution in [0.25, 0.3) is 11.0 Å².